The normalized spacial score (nSPS) is 18.5. The van der Waals surface area contributed by atoms with E-state index in [-0.39, 0.29) is 25.9 Å². The van der Waals surface area contributed by atoms with E-state index in [1.165, 1.54) is 57.8 Å². The van der Waals surface area contributed by atoms with Crippen LogP contribution in [0.5, 0.6) is 0 Å². The highest BCUT2D eigenvalue weighted by molar-refractivity contribution is 5.74. The van der Waals surface area contributed by atoms with Crippen molar-refractivity contribution >= 4 is 23.9 Å². The average molecular weight is 1080 g/mol. The standard InChI is InChI=1S/C65H110O12/c1-4-7-10-13-16-19-22-25-28-29-32-35-38-41-44-47-50-53-59(68)76-63-61(70)60(69)62(64(71)72)77-65(63)74-55-56(75-58(67)52-49-46-43-40-37-34-31-27-24-21-18-15-12-9-6-3)54-73-57(66)51-48-45-42-39-36-33-30-26-23-20-17-14-11-8-5-2/h8,11,16-17,19-20,25-28,30-31,56,60-63,65,69-70H,4-7,9-10,12-15,18,21-24,29,32-55H2,1-3H3,(H,71,72)/b11-8-,19-16-,20-17-,28-25-,30-26-,31-27-. The number of esters is 3. The molecule has 0 aromatic carbocycles. The van der Waals surface area contributed by atoms with E-state index < -0.39 is 67.3 Å². The Balaban J connectivity index is 2.70. The van der Waals surface area contributed by atoms with Crippen molar-refractivity contribution in [2.45, 2.75) is 302 Å². The Bertz CT molecular complexity index is 1620. The monoisotopic (exact) mass is 1080 g/mol. The third-order valence-electron chi connectivity index (χ3n) is 13.7. The molecular formula is C65H110O12. The predicted molar refractivity (Wildman–Crippen MR) is 312 cm³/mol. The first kappa shape index (κ1) is 71.2. The van der Waals surface area contributed by atoms with Crippen molar-refractivity contribution in [1.29, 1.82) is 0 Å². The molecule has 1 aliphatic rings. The third-order valence-corrected chi connectivity index (χ3v) is 13.7. The fourth-order valence-electron chi connectivity index (χ4n) is 9.00. The van der Waals surface area contributed by atoms with Crippen LogP contribution >= 0.6 is 0 Å². The lowest BCUT2D eigenvalue weighted by atomic mass is 9.98. The lowest BCUT2D eigenvalue weighted by molar-refractivity contribution is -0.301. The van der Waals surface area contributed by atoms with Crippen molar-refractivity contribution in [3.05, 3.63) is 72.9 Å². The van der Waals surface area contributed by atoms with E-state index in [2.05, 4.69) is 93.7 Å². The molecule has 6 unspecified atom stereocenters. The second-order valence-corrected chi connectivity index (χ2v) is 20.9. The number of carboxylic acid groups (broad SMARTS) is 1. The van der Waals surface area contributed by atoms with Crippen LogP contribution in [0.4, 0.5) is 0 Å². The summed E-state index contributed by atoms with van der Waals surface area (Å²) in [5, 5.41) is 31.5. The zero-order valence-corrected chi connectivity index (χ0v) is 48.7. The van der Waals surface area contributed by atoms with E-state index in [9.17, 15) is 34.5 Å². The van der Waals surface area contributed by atoms with Crippen molar-refractivity contribution in [2.24, 2.45) is 0 Å². The van der Waals surface area contributed by atoms with E-state index in [0.717, 1.165) is 148 Å². The largest absolute Gasteiger partial charge is 0.479 e. The smallest absolute Gasteiger partial charge is 0.335 e. The molecule has 1 aliphatic heterocycles. The van der Waals surface area contributed by atoms with Gasteiger partial charge in [-0.05, 0) is 109 Å². The number of aliphatic hydroxyl groups is 2. The number of hydrogen-bond donors (Lipinski definition) is 3. The topological polar surface area (TPSA) is 175 Å². The molecule has 442 valence electrons. The first-order chi connectivity index (χ1) is 37.6. The van der Waals surface area contributed by atoms with Crippen LogP contribution in [0.2, 0.25) is 0 Å². The number of unbranched alkanes of at least 4 members (excludes halogenated alkanes) is 26. The maximum Gasteiger partial charge on any atom is 0.335 e. The Kier molecular flexibility index (Phi) is 48.8. The van der Waals surface area contributed by atoms with Gasteiger partial charge in [-0.2, -0.15) is 0 Å². The van der Waals surface area contributed by atoms with Crippen molar-refractivity contribution < 1.29 is 58.2 Å². The zero-order valence-electron chi connectivity index (χ0n) is 48.7. The molecule has 0 aliphatic carbocycles. The number of carbonyl (C=O) groups is 4. The molecule has 0 bridgehead atoms. The molecule has 0 amide bonds. The van der Waals surface area contributed by atoms with Crippen LogP contribution in [0.15, 0.2) is 72.9 Å². The summed E-state index contributed by atoms with van der Waals surface area (Å²) in [6, 6.07) is 0. The number of allylic oxidation sites excluding steroid dienone is 12. The summed E-state index contributed by atoms with van der Waals surface area (Å²) in [4.78, 5) is 51.2. The number of hydrogen-bond acceptors (Lipinski definition) is 11. The van der Waals surface area contributed by atoms with Crippen molar-refractivity contribution in [3.8, 4) is 0 Å². The highest BCUT2D eigenvalue weighted by atomic mass is 16.7. The molecule has 0 saturated carbocycles. The minimum atomic E-state index is -1.91. The van der Waals surface area contributed by atoms with Gasteiger partial charge >= 0.3 is 23.9 Å². The minimum Gasteiger partial charge on any atom is -0.479 e. The van der Waals surface area contributed by atoms with E-state index in [1.807, 2.05) is 0 Å². The second kappa shape index (κ2) is 52.8. The molecule has 0 spiro atoms. The number of carboxylic acids is 1. The molecule has 0 radical (unpaired) electrons. The molecule has 1 rings (SSSR count). The van der Waals surface area contributed by atoms with Crippen LogP contribution in [-0.4, -0.2) is 89.2 Å². The van der Waals surface area contributed by atoms with Gasteiger partial charge in [0.2, 0.25) is 0 Å². The van der Waals surface area contributed by atoms with Crippen LogP contribution in [0, 0.1) is 0 Å². The van der Waals surface area contributed by atoms with Crippen molar-refractivity contribution in [1.82, 2.24) is 0 Å². The molecule has 0 aromatic rings. The Morgan fingerprint density at radius 3 is 1.29 bits per heavy atom. The molecule has 3 N–H and O–H groups in total. The van der Waals surface area contributed by atoms with Gasteiger partial charge in [-0.25, -0.2) is 4.79 Å². The Morgan fingerprint density at radius 2 is 0.818 bits per heavy atom. The Labute approximate surface area is 468 Å². The minimum absolute atomic E-state index is 0.0476. The number of carbonyl (C=O) groups excluding carboxylic acids is 3. The lowest BCUT2D eigenvalue weighted by Gasteiger charge is -2.40. The first-order valence-corrected chi connectivity index (χ1v) is 30.9. The van der Waals surface area contributed by atoms with Crippen LogP contribution in [0.1, 0.15) is 265 Å². The maximum absolute atomic E-state index is 13.2. The summed E-state index contributed by atoms with van der Waals surface area (Å²) >= 11 is 0. The second-order valence-electron chi connectivity index (χ2n) is 20.9. The summed E-state index contributed by atoms with van der Waals surface area (Å²) in [5.74, 6) is -3.16. The van der Waals surface area contributed by atoms with Crippen LogP contribution in [0.3, 0.4) is 0 Å². The molecule has 1 fully saturated rings. The molecule has 1 heterocycles. The SMILES string of the molecule is CC/C=C\C/C=C\C/C=C\CCCCCCCC(=O)OCC(COC1OC(C(=O)O)C(O)C(O)C1OC(=O)CCCCCCCCC/C=C\C/C=C\CCCCC)OC(=O)CCCCCCC/C=C\CCCCCCCC. The molecule has 0 aromatic heterocycles. The van der Waals surface area contributed by atoms with Crippen molar-refractivity contribution in [3.63, 3.8) is 0 Å². The molecule has 12 heteroatoms. The molecular weight excluding hydrogens is 973 g/mol. The molecule has 1 saturated heterocycles. The first-order valence-electron chi connectivity index (χ1n) is 30.9. The molecule has 12 nitrogen and oxygen atoms in total. The van der Waals surface area contributed by atoms with Gasteiger partial charge in [0, 0.05) is 19.3 Å². The van der Waals surface area contributed by atoms with Gasteiger partial charge in [0.1, 0.15) is 18.8 Å². The number of ether oxygens (including phenoxy) is 5. The van der Waals surface area contributed by atoms with E-state index in [4.69, 9.17) is 23.7 Å². The van der Waals surface area contributed by atoms with Gasteiger partial charge in [-0.15, -0.1) is 0 Å². The fourth-order valence-corrected chi connectivity index (χ4v) is 9.00. The Hall–Kier alpha value is -3.84. The molecule has 77 heavy (non-hydrogen) atoms. The Morgan fingerprint density at radius 1 is 0.442 bits per heavy atom. The highest BCUT2D eigenvalue weighted by Gasteiger charge is 2.50. The van der Waals surface area contributed by atoms with Gasteiger partial charge in [-0.3, -0.25) is 14.4 Å². The lowest BCUT2D eigenvalue weighted by Crippen LogP contribution is -2.61. The number of rotatable bonds is 52. The predicted octanol–water partition coefficient (Wildman–Crippen LogP) is 16.1. The number of aliphatic hydroxyl groups excluding tert-OH is 2. The van der Waals surface area contributed by atoms with Gasteiger partial charge in [0.15, 0.2) is 24.6 Å². The van der Waals surface area contributed by atoms with Crippen LogP contribution in [0.25, 0.3) is 0 Å². The zero-order chi connectivity index (χ0) is 56.1. The van der Waals surface area contributed by atoms with E-state index in [1.54, 1.807) is 0 Å². The maximum atomic E-state index is 13.2. The quantitative estimate of drug-likeness (QED) is 0.0228. The number of aliphatic carboxylic acids is 1. The van der Waals surface area contributed by atoms with Crippen LogP contribution < -0.4 is 0 Å². The summed E-state index contributed by atoms with van der Waals surface area (Å²) in [6.45, 7) is 5.84. The summed E-state index contributed by atoms with van der Waals surface area (Å²) in [7, 11) is 0. The van der Waals surface area contributed by atoms with Gasteiger partial charge in [-0.1, -0.05) is 209 Å². The molecule has 6 atom stereocenters. The van der Waals surface area contributed by atoms with Gasteiger partial charge in [0.05, 0.1) is 6.61 Å². The summed E-state index contributed by atoms with van der Waals surface area (Å²) < 4.78 is 28.5. The van der Waals surface area contributed by atoms with Crippen LogP contribution in [-0.2, 0) is 42.9 Å². The summed E-state index contributed by atoms with van der Waals surface area (Å²) in [6.07, 6.45) is 54.3. The third kappa shape index (κ3) is 42.7. The highest BCUT2D eigenvalue weighted by Crippen LogP contribution is 2.26. The van der Waals surface area contributed by atoms with Gasteiger partial charge < -0.3 is 39.0 Å². The average Bonchev–Trinajstić information content (AvgIpc) is 3.42. The van der Waals surface area contributed by atoms with E-state index in [0.29, 0.717) is 19.3 Å². The van der Waals surface area contributed by atoms with E-state index >= 15 is 0 Å². The summed E-state index contributed by atoms with van der Waals surface area (Å²) in [5.41, 5.74) is 0. The van der Waals surface area contributed by atoms with Crippen molar-refractivity contribution in [2.75, 3.05) is 13.2 Å². The fraction of sp³-hybridized carbons (Fsp3) is 0.754. The van der Waals surface area contributed by atoms with Gasteiger partial charge in [0.25, 0.3) is 0 Å².